The van der Waals surface area contributed by atoms with Crippen molar-refractivity contribution in [2.45, 2.75) is 62.5 Å². The molecule has 3 heterocycles. The molecule has 9 nitrogen and oxygen atoms in total. The third kappa shape index (κ3) is 5.88. The van der Waals surface area contributed by atoms with Crippen LogP contribution in [0, 0.1) is 5.92 Å². The van der Waals surface area contributed by atoms with Crippen molar-refractivity contribution in [3.8, 4) is 0 Å². The summed E-state index contributed by atoms with van der Waals surface area (Å²) in [5.41, 5.74) is 1.58. The van der Waals surface area contributed by atoms with E-state index in [-0.39, 0.29) is 44.2 Å². The van der Waals surface area contributed by atoms with Gasteiger partial charge in [-0.2, -0.15) is 5.10 Å². The summed E-state index contributed by atoms with van der Waals surface area (Å²) < 4.78 is 45.5. The number of rotatable bonds is 7. The van der Waals surface area contributed by atoms with Gasteiger partial charge in [-0.25, -0.2) is 23.1 Å². The van der Waals surface area contributed by atoms with Gasteiger partial charge in [-0.1, -0.05) is 30.3 Å². The molecule has 5 rings (SSSR count). The van der Waals surface area contributed by atoms with E-state index in [1.165, 1.54) is 7.11 Å². The number of carbonyl (C=O) groups is 2. The fourth-order valence-corrected chi connectivity index (χ4v) is 5.55. The Balaban J connectivity index is 1.41. The van der Waals surface area contributed by atoms with E-state index < -0.39 is 23.5 Å². The van der Waals surface area contributed by atoms with Crippen LogP contribution in [0.4, 0.5) is 13.6 Å². The van der Waals surface area contributed by atoms with Gasteiger partial charge >= 0.3 is 12.1 Å². The van der Waals surface area contributed by atoms with E-state index in [4.69, 9.17) is 19.2 Å². The maximum atomic E-state index is 13.9. The SMILES string of the molecule is COC(=O)C1(c2cnn3cc(C(NC(=O)OCc4ccccc4)C4CCC(F)(F)CC4)nc3c2)CCOCC1. The number of carbonyl (C=O) groups excluding carboxylic acids is 2. The summed E-state index contributed by atoms with van der Waals surface area (Å²) in [4.78, 5) is 30.4. The van der Waals surface area contributed by atoms with Gasteiger partial charge in [0.25, 0.3) is 0 Å². The minimum atomic E-state index is -2.71. The van der Waals surface area contributed by atoms with Gasteiger partial charge in [-0.3, -0.25) is 4.79 Å². The number of methoxy groups -OCH3 is 1. The predicted molar refractivity (Wildman–Crippen MR) is 136 cm³/mol. The molecular weight excluding hydrogens is 510 g/mol. The monoisotopic (exact) mass is 542 g/mol. The van der Waals surface area contributed by atoms with Gasteiger partial charge in [0.15, 0.2) is 5.65 Å². The molecule has 3 aromatic rings. The van der Waals surface area contributed by atoms with Gasteiger partial charge in [0, 0.05) is 26.1 Å². The first-order valence-electron chi connectivity index (χ1n) is 13.2. The fourth-order valence-electron chi connectivity index (χ4n) is 5.55. The Hall–Kier alpha value is -3.60. The van der Waals surface area contributed by atoms with Gasteiger partial charge in [-0.15, -0.1) is 0 Å². The molecule has 1 atom stereocenters. The molecule has 11 heteroatoms. The van der Waals surface area contributed by atoms with Crippen LogP contribution in [0.5, 0.6) is 0 Å². The third-order valence-corrected chi connectivity index (χ3v) is 7.85. The lowest BCUT2D eigenvalue weighted by molar-refractivity contribution is -0.151. The average molecular weight is 543 g/mol. The molecule has 1 saturated heterocycles. The summed E-state index contributed by atoms with van der Waals surface area (Å²) in [5, 5.41) is 7.36. The van der Waals surface area contributed by atoms with E-state index in [1.54, 1.807) is 23.0 Å². The number of halogens is 2. The van der Waals surface area contributed by atoms with E-state index in [2.05, 4.69) is 10.4 Å². The standard InChI is InChI=1S/C28H32F2N4O5/c1-37-25(35)27(11-13-38-14-12-27)21-15-23-32-22(17-34(23)31-16-21)24(20-7-9-28(29,30)10-8-20)33-26(36)39-18-19-5-3-2-4-6-19/h2-6,15-17,20,24H,7-14,18H2,1H3,(H,33,36). The van der Waals surface area contributed by atoms with Crippen LogP contribution in [0.2, 0.25) is 0 Å². The van der Waals surface area contributed by atoms with Crippen LogP contribution in [-0.2, 0) is 31.0 Å². The summed E-state index contributed by atoms with van der Waals surface area (Å²) in [6.45, 7) is 0.921. The number of nitrogens with zero attached hydrogens (tertiary/aromatic N) is 3. The Morgan fingerprint density at radius 2 is 1.87 bits per heavy atom. The van der Waals surface area contributed by atoms with Crippen LogP contribution in [0.25, 0.3) is 5.65 Å². The Bertz CT molecular complexity index is 1300. The van der Waals surface area contributed by atoms with Crippen LogP contribution in [0.1, 0.15) is 61.4 Å². The predicted octanol–water partition coefficient (Wildman–Crippen LogP) is 4.74. The minimum absolute atomic E-state index is 0.0809. The molecule has 0 bridgehead atoms. The van der Waals surface area contributed by atoms with Crippen molar-refractivity contribution in [2.24, 2.45) is 5.92 Å². The van der Waals surface area contributed by atoms with Crippen molar-refractivity contribution in [3.05, 3.63) is 65.6 Å². The second-order valence-electron chi connectivity index (χ2n) is 10.3. The number of nitrogens with one attached hydrogen (secondary N) is 1. The van der Waals surface area contributed by atoms with Crippen LogP contribution in [-0.4, -0.2) is 52.9 Å². The number of amides is 1. The second-order valence-corrected chi connectivity index (χ2v) is 10.3. The maximum Gasteiger partial charge on any atom is 0.408 e. The zero-order chi connectivity index (χ0) is 27.5. The first kappa shape index (κ1) is 27.0. The smallest absolute Gasteiger partial charge is 0.408 e. The molecule has 1 saturated carbocycles. The summed E-state index contributed by atoms with van der Waals surface area (Å²) in [6.07, 6.45) is 3.52. The number of esters is 1. The lowest BCUT2D eigenvalue weighted by Crippen LogP contribution is -2.42. The molecule has 0 spiro atoms. The highest BCUT2D eigenvalue weighted by atomic mass is 19.3. The number of aromatic nitrogens is 3. The van der Waals surface area contributed by atoms with Crippen molar-refractivity contribution in [3.63, 3.8) is 0 Å². The van der Waals surface area contributed by atoms with Crippen LogP contribution >= 0.6 is 0 Å². The van der Waals surface area contributed by atoms with Gasteiger partial charge in [-0.05, 0) is 48.8 Å². The number of hydrogen-bond acceptors (Lipinski definition) is 7. The minimum Gasteiger partial charge on any atom is -0.468 e. The summed E-state index contributed by atoms with van der Waals surface area (Å²) >= 11 is 0. The number of alkyl carbamates (subject to hydrolysis) is 1. The van der Waals surface area contributed by atoms with E-state index in [9.17, 15) is 18.4 Å². The van der Waals surface area contributed by atoms with Gasteiger partial charge in [0.1, 0.15) is 6.61 Å². The molecule has 1 unspecified atom stereocenters. The van der Waals surface area contributed by atoms with Crippen molar-refractivity contribution in [1.29, 1.82) is 0 Å². The van der Waals surface area contributed by atoms with Crippen LogP contribution in [0.15, 0.2) is 48.8 Å². The average Bonchev–Trinajstić information content (AvgIpc) is 3.39. The Kier molecular flexibility index (Phi) is 7.79. The zero-order valence-electron chi connectivity index (χ0n) is 21.8. The van der Waals surface area contributed by atoms with Crippen molar-refractivity contribution < 1.29 is 32.6 Å². The summed E-state index contributed by atoms with van der Waals surface area (Å²) in [7, 11) is 1.36. The first-order valence-corrected chi connectivity index (χ1v) is 13.2. The van der Waals surface area contributed by atoms with E-state index in [0.717, 1.165) is 5.56 Å². The largest absolute Gasteiger partial charge is 0.468 e. The molecule has 2 fully saturated rings. The molecule has 2 aliphatic rings. The number of hydrogen-bond donors (Lipinski definition) is 1. The summed E-state index contributed by atoms with van der Waals surface area (Å²) in [6, 6.07) is 10.4. The van der Waals surface area contributed by atoms with E-state index in [1.807, 2.05) is 30.3 Å². The van der Waals surface area contributed by atoms with Crippen LogP contribution in [0.3, 0.4) is 0 Å². The fraction of sp³-hybridized carbons (Fsp3) is 0.500. The second kappa shape index (κ2) is 11.3. The highest BCUT2D eigenvalue weighted by Gasteiger charge is 2.44. The molecule has 39 heavy (non-hydrogen) atoms. The molecule has 1 aromatic carbocycles. The Morgan fingerprint density at radius 1 is 1.15 bits per heavy atom. The third-order valence-electron chi connectivity index (χ3n) is 7.85. The number of benzene rings is 1. The van der Waals surface area contributed by atoms with Crippen molar-refractivity contribution >= 4 is 17.7 Å². The maximum absolute atomic E-state index is 13.9. The van der Waals surface area contributed by atoms with E-state index in [0.29, 0.717) is 43.0 Å². The first-order chi connectivity index (χ1) is 18.8. The normalized spacial score (nSPS) is 19.8. The van der Waals surface area contributed by atoms with Gasteiger partial charge in [0.2, 0.25) is 5.92 Å². The highest BCUT2D eigenvalue weighted by Crippen LogP contribution is 2.42. The highest BCUT2D eigenvalue weighted by molar-refractivity contribution is 5.83. The number of imidazole rings is 1. The molecule has 208 valence electrons. The number of fused-ring (bicyclic) bond motifs is 1. The Morgan fingerprint density at radius 3 is 2.56 bits per heavy atom. The van der Waals surface area contributed by atoms with Gasteiger partial charge < -0.3 is 19.5 Å². The molecule has 1 N–H and O–H groups in total. The quantitative estimate of drug-likeness (QED) is 0.430. The van der Waals surface area contributed by atoms with E-state index >= 15 is 0 Å². The summed E-state index contributed by atoms with van der Waals surface area (Å²) in [5.74, 6) is -3.32. The molecule has 1 aliphatic carbocycles. The topological polar surface area (TPSA) is 104 Å². The lowest BCUT2D eigenvalue weighted by atomic mass is 9.75. The zero-order valence-corrected chi connectivity index (χ0v) is 21.8. The lowest BCUT2D eigenvalue weighted by Gasteiger charge is -2.34. The Labute approximate surface area is 224 Å². The number of alkyl halides is 2. The van der Waals surface area contributed by atoms with Crippen LogP contribution < -0.4 is 5.32 Å². The van der Waals surface area contributed by atoms with Crippen molar-refractivity contribution in [1.82, 2.24) is 19.9 Å². The van der Waals surface area contributed by atoms with Crippen molar-refractivity contribution in [2.75, 3.05) is 20.3 Å². The molecule has 0 radical (unpaired) electrons. The molecule has 1 amide bonds. The number of ether oxygens (including phenoxy) is 3. The van der Waals surface area contributed by atoms with Gasteiger partial charge in [0.05, 0.1) is 36.7 Å². The molecule has 2 aromatic heterocycles. The molecule has 1 aliphatic heterocycles. The molecular formula is C28H32F2N4O5.